The van der Waals surface area contributed by atoms with Crippen molar-refractivity contribution in [2.75, 3.05) is 7.05 Å². The van der Waals surface area contributed by atoms with Gasteiger partial charge in [0.2, 0.25) is 0 Å². The molecule has 0 atom stereocenters. The van der Waals surface area contributed by atoms with Crippen molar-refractivity contribution in [1.29, 1.82) is 0 Å². The van der Waals surface area contributed by atoms with Crippen molar-refractivity contribution in [3.63, 3.8) is 0 Å². The van der Waals surface area contributed by atoms with Crippen molar-refractivity contribution in [2.24, 2.45) is 0 Å². The van der Waals surface area contributed by atoms with E-state index in [0.29, 0.717) is 12.1 Å². The highest BCUT2D eigenvalue weighted by Gasteiger charge is 2.13. The predicted molar refractivity (Wildman–Crippen MR) is 97.5 cm³/mol. The molecule has 1 aromatic heterocycles. The van der Waals surface area contributed by atoms with Crippen molar-refractivity contribution >= 4 is 16.9 Å². The van der Waals surface area contributed by atoms with Crippen LogP contribution in [0.1, 0.15) is 29.9 Å². The molecule has 1 amide bonds. The summed E-state index contributed by atoms with van der Waals surface area (Å²) in [6, 6.07) is 14.9. The minimum absolute atomic E-state index is 0.0638. The van der Waals surface area contributed by atoms with E-state index < -0.39 is 0 Å². The Labute approximate surface area is 147 Å². The first-order valence-corrected chi connectivity index (χ1v) is 8.26. The third-order valence-electron chi connectivity index (χ3n) is 3.72. The zero-order valence-corrected chi connectivity index (χ0v) is 14.6. The van der Waals surface area contributed by atoms with Gasteiger partial charge in [0, 0.05) is 12.6 Å². The number of hydrogen-bond donors (Lipinski definition) is 0. The van der Waals surface area contributed by atoms with Gasteiger partial charge in [0.15, 0.2) is 0 Å². The number of ether oxygens (including phenoxy) is 1. The van der Waals surface area contributed by atoms with Gasteiger partial charge < -0.3 is 9.64 Å². The van der Waals surface area contributed by atoms with Gasteiger partial charge in [0.1, 0.15) is 5.75 Å². The summed E-state index contributed by atoms with van der Waals surface area (Å²) in [6.07, 6.45) is 1.82. The summed E-state index contributed by atoms with van der Waals surface area (Å²) < 4.78 is 5.60. The van der Waals surface area contributed by atoms with Crippen molar-refractivity contribution in [2.45, 2.75) is 26.5 Å². The van der Waals surface area contributed by atoms with Crippen molar-refractivity contribution in [1.82, 2.24) is 14.9 Å². The van der Waals surface area contributed by atoms with Crippen LogP contribution in [-0.2, 0) is 6.54 Å². The quantitative estimate of drug-likeness (QED) is 0.713. The average Bonchev–Trinajstić information content (AvgIpc) is 2.61. The first kappa shape index (κ1) is 16.9. The Morgan fingerprint density at radius 1 is 1.08 bits per heavy atom. The summed E-state index contributed by atoms with van der Waals surface area (Å²) >= 11 is 0. The van der Waals surface area contributed by atoms with Crippen LogP contribution in [0, 0.1) is 0 Å². The van der Waals surface area contributed by atoms with E-state index in [4.69, 9.17) is 4.74 Å². The Hall–Kier alpha value is -2.95. The van der Waals surface area contributed by atoms with Gasteiger partial charge in [-0.3, -0.25) is 9.78 Å². The lowest BCUT2D eigenvalue weighted by atomic mass is 10.2. The zero-order valence-electron chi connectivity index (χ0n) is 14.6. The molecule has 0 aliphatic carbocycles. The molecule has 0 saturated carbocycles. The number of nitrogens with zero attached hydrogens (tertiary/aromatic N) is 3. The number of aromatic nitrogens is 2. The van der Waals surface area contributed by atoms with Crippen LogP contribution >= 0.6 is 0 Å². The first-order valence-electron chi connectivity index (χ1n) is 8.26. The molecule has 0 N–H and O–H groups in total. The summed E-state index contributed by atoms with van der Waals surface area (Å²) in [7, 11) is 1.76. The molecule has 3 aromatic rings. The second-order valence-electron chi connectivity index (χ2n) is 6.20. The fourth-order valence-corrected chi connectivity index (χ4v) is 2.56. The van der Waals surface area contributed by atoms with E-state index in [9.17, 15) is 4.79 Å². The summed E-state index contributed by atoms with van der Waals surface area (Å²) in [4.78, 5) is 23.2. The fourth-order valence-electron chi connectivity index (χ4n) is 2.56. The van der Waals surface area contributed by atoms with E-state index in [0.717, 1.165) is 22.5 Å². The molecular weight excluding hydrogens is 314 g/mol. The van der Waals surface area contributed by atoms with Crippen LogP contribution in [0.3, 0.4) is 0 Å². The highest BCUT2D eigenvalue weighted by Crippen LogP contribution is 2.16. The van der Waals surface area contributed by atoms with Crippen LogP contribution in [0.15, 0.2) is 54.7 Å². The summed E-state index contributed by atoms with van der Waals surface area (Å²) in [5, 5.41) is 0. The topological polar surface area (TPSA) is 55.3 Å². The average molecular weight is 335 g/mol. The standard InChI is InChI=1S/C20H21N3O2/c1-14(2)25-17-10-8-15(9-11-17)20(24)23(3)13-16-12-21-18-6-4-5-7-19(18)22-16/h4-12,14H,13H2,1-3H3. The largest absolute Gasteiger partial charge is 0.491 e. The molecule has 0 bridgehead atoms. The van der Waals surface area contributed by atoms with Crippen LogP contribution in [0.5, 0.6) is 5.75 Å². The van der Waals surface area contributed by atoms with Gasteiger partial charge in [0.05, 0.1) is 35.6 Å². The smallest absolute Gasteiger partial charge is 0.253 e. The highest BCUT2D eigenvalue weighted by molar-refractivity contribution is 5.94. The molecule has 0 unspecified atom stereocenters. The molecule has 3 rings (SSSR count). The second kappa shape index (κ2) is 7.30. The molecule has 0 fully saturated rings. The summed E-state index contributed by atoms with van der Waals surface area (Å²) in [6.45, 7) is 4.34. The van der Waals surface area contributed by atoms with Crippen LogP contribution in [0.4, 0.5) is 0 Å². The SMILES string of the molecule is CC(C)Oc1ccc(C(=O)N(C)Cc2cnc3ccccc3n2)cc1. The lowest BCUT2D eigenvalue weighted by Crippen LogP contribution is -2.26. The van der Waals surface area contributed by atoms with Crippen molar-refractivity contribution in [3.05, 3.63) is 66.0 Å². The Morgan fingerprint density at radius 2 is 1.76 bits per heavy atom. The number of rotatable bonds is 5. The molecule has 0 saturated heterocycles. The predicted octanol–water partition coefficient (Wildman–Crippen LogP) is 3.69. The van der Waals surface area contributed by atoms with E-state index in [-0.39, 0.29) is 12.0 Å². The van der Waals surface area contributed by atoms with Gasteiger partial charge in [-0.15, -0.1) is 0 Å². The highest BCUT2D eigenvalue weighted by atomic mass is 16.5. The molecule has 2 aromatic carbocycles. The van der Waals surface area contributed by atoms with Gasteiger partial charge in [-0.1, -0.05) is 12.1 Å². The van der Waals surface area contributed by atoms with Crippen molar-refractivity contribution < 1.29 is 9.53 Å². The lowest BCUT2D eigenvalue weighted by Gasteiger charge is -2.17. The van der Waals surface area contributed by atoms with Crippen LogP contribution < -0.4 is 4.74 Å². The minimum atomic E-state index is -0.0638. The van der Waals surface area contributed by atoms with E-state index in [2.05, 4.69) is 9.97 Å². The molecule has 0 aliphatic rings. The van der Waals surface area contributed by atoms with E-state index in [1.807, 2.05) is 50.2 Å². The lowest BCUT2D eigenvalue weighted by molar-refractivity contribution is 0.0783. The van der Waals surface area contributed by atoms with E-state index in [1.165, 1.54) is 0 Å². The maximum atomic E-state index is 12.6. The van der Waals surface area contributed by atoms with Crippen LogP contribution in [-0.4, -0.2) is 33.9 Å². The molecule has 0 aliphatic heterocycles. The summed E-state index contributed by atoms with van der Waals surface area (Å²) in [5.41, 5.74) is 3.05. The fraction of sp³-hybridized carbons (Fsp3) is 0.250. The Kier molecular flexibility index (Phi) is 4.93. The number of amides is 1. The summed E-state index contributed by atoms with van der Waals surface area (Å²) in [5.74, 6) is 0.695. The Bertz CT molecular complexity index is 876. The van der Waals surface area contributed by atoms with E-state index >= 15 is 0 Å². The minimum Gasteiger partial charge on any atom is -0.491 e. The number of fused-ring (bicyclic) bond motifs is 1. The zero-order chi connectivity index (χ0) is 17.8. The molecule has 5 nitrogen and oxygen atoms in total. The van der Waals surface area contributed by atoms with Gasteiger partial charge >= 0.3 is 0 Å². The molecule has 1 heterocycles. The molecular formula is C20H21N3O2. The number of carbonyl (C=O) groups excluding carboxylic acids is 1. The third-order valence-corrected chi connectivity index (χ3v) is 3.72. The maximum absolute atomic E-state index is 12.6. The number of hydrogen-bond acceptors (Lipinski definition) is 4. The van der Waals surface area contributed by atoms with Gasteiger partial charge in [-0.2, -0.15) is 0 Å². The first-order chi connectivity index (χ1) is 12.0. The molecule has 0 radical (unpaired) electrons. The Morgan fingerprint density at radius 3 is 2.44 bits per heavy atom. The van der Waals surface area contributed by atoms with Gasteiger partial charge in [-0.25, -0.2) is 4.98 Å². The molecule has 25 heavy (non-hydrogen) atoms. The van der Waals surface area contributed by atoms with Gasteiger partial charge in [0.25, 0.3) is 5.91 Å². The molecule has 5 heteroatoms. The van der Waals surface area contributed by atoms with Gasteiger partial charge in [-0.05, 0) is 50.2 Å². The number of carbonyl (C=O) groups is 1. The second-order valence-corrected chi connectivity index (χ2v) is 6.20. The molecule has 128 valence electrons. The normalized spacial score (nSPS) is 10.9. The van der Waals surface area contributed by atoms with E-state index in [1.54, 1.807) is 30.3 Å². The molecule has 0 spiro atoms. The maximum Gasteiger partial charge on any atom is 0.253 e. The third kappa shape index (κ3) is 4.12. The number of para-hydroxylation sites is 2. The monoisotopic (exact) mass is 335 g/mol. The number of benzene rings is 2. The van der Waals surface area contributed by atoms with Crippen LogP contribution in [0.2, 0.25) is 0 Å². The Balaban J connectivity index is 1.70. The van der Waals surface area contributed by atoms with Crippen molar-refractivity contribution in [3.8, 4) is 5.75 Å². The van der Waals surface area contributed by atoms with Crippen LogP contribution in [0.25, 0.3) is 11.0 Å².